The van der Waals surface area contributed by atoms with Crippen molar-refractivity contribution in [3.8, 4) is 5.69 Å². The maximum absolute atomic E-state index is 12.4. The molecule has 1 aliphatic carbocycles. The highest BCUT2D eigenvalue weighted by atomic mass is 35.5. The normalized spacial score (nSPS) is 20.6. The minimum absolute atomic E-state index is 0. The van der Waals surface area contributed by atoms with Gasteiger partial charge in [-0.25, -0.2) is 4.68 Å². The number of rotatable bonds is 4. The van der Waals surface area contributed by atoms with Gasteiger partial charge in [0.25, 0.3) is 5.91 Å². The lowest BCUT2D eigenvalue weighted by molar-refractivity contribution is 0.0908. The van der Waals surface area contributed by atoms with Crippen LogP contribution in [-0.2, 0) is 0 Å². The van der Waals surface area contributed by atoms with Crippen LogP contribution in [0.3, 0.4) is 0 Å². The van der Waals surface area contributed by atoms with E-state index in [1.54, 1.807) is 17.1 Å². The molecule has 6 heteroatoms. The highest BCUT2D eigenvalue weighted by Crippen LogP contribution is 2.23. The van der Waals surface area contributed by atoms with Crippen molar-refractivity contribution in [2.45, 2.75) is 31.7 Å². The van der Waals surface area contributed by atoms with Gasteiger partial charge < -0.3 is 11.1 Å². The predicted molar refractivity (Wildman–Crippen MR) is 93.1 cm³/mol. The molecule has 124 valence electrons. The fourth-order valence-corrected chi connectivity index (χ4v) is 3.09. The van der Waals surface area contributed by atoms with Crippen LogP contribution in [0, 0.1) is 5.92 Å². The predicted octanol–water partition coefficient (Wildman–Crippen LogP) is 2.54. The van der Waals surface area contributed by atoms with E-state index in [-0.39, 0.29) is 24.4 Å². The summed E-state index contributed by atoms with van der Waals surface area (Å²) in [4.78, 5) is 12.4. The summed E-state index contributed by atoms with van der Waals surface area (Å²) in [5, 5.41) is 7.40. The van der Waals surface area contributed by atoms with E-state index in [0.717, 1.165) is 24.9 Å². The van der Waals surface area contributed by atoms with Gasteiger partial charge in [0.05, 0.1) is 17.4 Å². The first-order valence-corrected chi connectivity index (χ1v) is 7.89. The molecule has 1 amide bonds. The minimum atomic E-state index is -0.0625. The van der Waals surface area contributed by atoms with Crippen LogP contribution in [0.15, 0.2) is 42.7 Å². The second-order valence-corrected chi connectivity index (χ2v) is 5.87. The molecular formula is C17H23ClN4O. The van der Waals surface area contributed by atoms with E-state index in [1.165, 1.54) is 6.42 Å². The van der Waals surface area contributed by atoms with Crippen molar-refractivity contribution in [2.75, 3.05) is 6.54 Å². The van der Waals surface area contributed by atoms with E-state index >= 15 is 0 Å². The molecule has 2 atom stereocenters. The molecule has 2 unspecified atom stereocenters. The van der Waals surface area contributed by atoms with E-state index in [0.29, 0.717) is 18.0 Å². The maximum atomic E-state index is 12.4. The molecule has 5 nitrogen and oxygen atoms in total. The number of hydrogen-bond donors (Lipinski definition) is 2. The number of carbonyl (C=O) groups excluding carboxylic acids is 1. The first kappa shape index (κ1) is 17.5. The molecule has 0 saturated heterocycles. The zero-order valence-corrected chi connectivity index (χ0v) is 13.8. The quantitative estimate of drug-likeness (QED) is 0.902. The van der Waals surface area contributed by atoms with Crippen molar-refractivity contribution in [3.63, 3.8) is 0 Å². The Hall–Kier alpha value is -1.85. The average Bonchev–Trinajstić information content (AvgIpc) is 3.06. The van der Waals surface area contributed by atoms with Gasteiger partial charge in [0.2, 0.25) is 0 Å². The van der Waals surface area contributed by atoms with Gasteiger partial charge in [-0.1, -0.05) is 31.0 Å². The van der Waals surface area contributed by atoms with Gasteiger partial charge in [-0.2, -0.15) is 5.10 Å². The van der Waals surface area contributed by atoms with Crippen molar-refractivity contribution in [1.82, 2.24) is 15.1 Å². The van der Waals surface area contributed by atoms with Crippen LogP contribution >= 0.6 is 12.4 Å². The van der Waals surface area contributed by atoms with Crippen molar-refractivity contribution >= 4 is 18.3 Å². The van der Waals surface area contributed by atoms with Gasteiger partial charge in [-0.05, 0) is 37.4 Å². The molecule has 1 heterocycles. The first-order chi connectivity index (χ1) is 10.8. The van der Waals surface area contributed by atoms with Gasteiger partial charge in [-0.3, -0.25) is 4.79 Å². The van der Waals surface area contributed by atoms with Gasteiger partial charge in [0.15, 0.2) is 0 Å². The Morgan fingerprint density at radius 2 is 2.00 bits per heavy atom. The van der Waals surface area contributed by atoms with Crippen LogP contribution in [0.1, 0.15) is 36.0 Å². The Bertz CT molecular complexity index is 629. The fraction of sp³-hybridized carbons (Fsp3) is 0.412. The first-order valence-electron chi connectivity index (χ1n) is 7.89. The smallest absolute Gasteiger partial charge is 0.254 e. The Morgan fingerprint density at radius 1 is 1.26 bits per heavy atom. The van der Waals surface area contributed by atoms with Gasteiger partial charge >= 0.3 is 0 Å². The van der Waals surface area contributed by atoms with Gasteiger partial charge in [0, 0.05) is 12.2 Å². The van der Waals surface area contributed by atoms with Crippen molar-refractivity contribution in [3.05, 3.63) is 48.3 Å². The number of amides is 1. The number of carbonyl (C=O) groups is 1. The van der Waals surface area contributed by atoms with Crippen LogP contribution in [-0.4, -0.2) is 28.3 Å². The molecule has 2 aromatic rings. The average molecular weight is 335 g/mol. The molecule has 1 saturated carbocycles. The molecule has 1 aromatic heterocycles. The number of benzene rings is 1. The standard InChI is InChI=1S/C17H22N4O.ClH/c18-10-13-6-4-5-9-16(13)20-17(22)14-11-19-21(12-14)15-7-2-1-3-8-15;/h1-3,7-8,11-13,16H,4-6,9-10,18H2,(H,20,22);1H. The number of hydrogen-bond acceptors (Lipinski definition) is 3. The number of aromatic nitrogens is 2. The number of para-hydroxylation sites is 1. The highest BCUT2D eigenvalue weighted by Gasteiger charge is 2.26. The van der Waals surface area contributed by atoms with Crippen LogP contribution in [0.25, 0.3) is 5.69 Å². The SMILES string of the molecule is Cl.NCC1CCCCC1NC(=O)c1cnn(-c2ccccc2)c1. The lowest BCUT2D eigenvalue weighted by atomic mass is 9.84. The summed E-state index contributed by atoms with van der Waals surface area (Å²) < 4.78 is 1.72. The molecule has 3 rings (SSSR count). The molecule has 23 heavy (non-hydrogen) atoms. The lowest BCUT2D eigenvalue weighted by Crippen LogP contribution is -2.44. The van der Waals surface area contributed by atoms with Crippen LogP contribution in [0.2, 0.25) is 0 Å². The van der Waals surface area contributed by atoms with E-state index in [1.807, 2.05) is 30.3 Å². The number of nitrogens with zero attached hydrogens (tertiary/aromatic N) is 2. The van der Waals surface area contributed by atoms with E-state index in [2.05, 4.69) is 10.4 Å². The summed E-state index contributed by atoms with van der Waals surface area (Å²) in [6.07, 6.45) is 7.86. The number of halogens is 1. The molecule has 1 aliphatic rings. The van der Waals surface area contributed by atoms with Gasteiger partial charge in [0.1, 0.15) is 0 Å². The molecule has 3 N–H and O–H groups in total. The Balaban J connectivity index is 0.00000192. The molecule has 1 aromatic carbocycles. The fourth-order valence-electron chi connectivity index (χ4n) is 3.09. The lowest BCUT2D eigenvalue weighted by Gasteiger charge is -2.31. The monoisotopic (exact) mass is 334 g/mol. The van der Waals surface area contributed by atoms with E-state index in [9.17, 15) is 4.79 Å². The summed E-state index contributed by atoms with van der Waals surface area (Å²) in [5.74, 6) is 0.328. The molecule has 0 bridgehead atoms. The molecule has 0 aliphatic heterocycles. The Morgan fingerprint density at radius 3 is 2.74 bits per heavy atom. The van der Waals surface area contributed by atoms with Crippen LogP contribution in [0.5, 0.6) is 0 Å². The molecule has 0 radical (unpaired) electrons. The second-order valence-electron chi connectivity index (χ2n) is 5.87. The zero-order chi connectivity index (χ0) is 15.4. The van der Waals surface area contributed by atoms with Crippen LogP contribution < -0.4 is 11.1 Å². The van der Waals surface area contributed by atoms with E-state index in [4.69, 9.17) is 5.73 Å². The van der Waals surface area contributed by atoms with Gasteiger partial charge in [-0.15, -0.1) is 12.4 Å². The highest BCUT2D eigenvalue weighted by molar-refractivity contribution is 5.94. The molecule has 0 spiro atoms. The van der Waals surface area contributed by atoms with E-state index < -0.39 is 0 Å². The summed E-state index contributed by atoms with van der Waals surface area (Å²) in [6, 6.07) is 9.96. The summed E-state index contributed by atoms with van der Waals surface area (Å²) in [6.45, 7) is 0.633. The third kappa shape index (κ3) is 4.12. The maximum Gasteiger partial charge on any atom is 0.254 e. The molecular weight excluding hydrogens is 312 g/mol. The summed E-state index contributed by atoms with van der Waals surface area (Å²) in [7, 11) is 0. The Labute approximate surface area is 142 Å². The topological polar surface area (TPSA) is 72.9 Å². The van der Waals surface area contributed by atoms with Crippen molar-refractivity contribution < 1.29 is 4.79 Å². The molecule has 1 fully saturated rings. The largest absolute Gasteiger partial charge is 0.349 e. The second kappa shape index (κ2) is 8.13. The summed E-state index contributed by atoms with van der Waals surface area (Å²) in [5.41, 5.74) is 7.35. The zero-order valence-electron chi connectivity index (χ0n) is 13.0. The number of nitrogens with one attached hydrogen (secondary N) is 1. The summed E-state index contributed by atoms with van der Waals surface area (Å²) >= 11 is 0. The van der Waals surface area contributed by atoms with Crippen molar-refractivity contribution in [1.29, 1.82) is 0 Å². The van der Waals surface area contributed by atoms with Crippen molar-refractivity contribution in [2.24, 2.45) is 11.7 Å². The Kier molecular flexibility index (Phi) is 6.19. The van der Waals surface area contributed by atoms with Crippen LogP contribution in [0.4, 0.5) is 0 Å². The third-order valence-corrected chi connectivity index (χ3v) is 4.39. The minimum Gasteiger partial charge on any atom is -0.349 e. The number of nitrogens with two attached hydrogens (primary N) is 1. The third-order valence-electron chi connectivity index (χ3n) is 4.39.